The lowest BCUT2D eigenvalue weighted by atomic mass is 9.88. The van der Waals surface area contributed by atoms with Gasteiger partial charge < -0.3 is 0 Å². The van der Waals surface area contributed by atoms with Gasteiger partial charge in [-0.15, -0.1) is 11.3 Å². The van der Waals surface area contributed by atoms with Crippen molar-refractivity contribution >= 4 is 33.3 Å². The largest absolute Gasteiger partial charge is 0.268 e. The Kier molecular flexibility index (Phi) is 4.01. The monoisotopic (exact) mass is 356 g/mol. The molecule has 0 saturated carbocycles. The van der Waals surface area contributed by atoms with Gasteiger partial charge in [-0.1, -0.05) is 36.4 Å². The minimum atomic E-state index is 0.0828. The van der Waals surface area contributed by atoms with E-state index >= 15 is 0 Å². The van der Waals surface area contributed by atoms with Gasteiger partial charge in [-0.2, -0.15) is 0 Å². The van der Waals surface area contributed by atoms with Crippen LogP contribution in [-0.4, -0.2) is 15.8 Å². The fourth-order valence-corrected chi connectivity index (χ4v) is 5.51. The van der Waals surface area contributed by atoms with E-state index in [1.54, 1.807) is 15.9 Å². The number of hydrogen-bond donors (Lipinski definition) is 0. The van der Waals surface area contributed by atoms with E-state index in [1.807, 2.05) is 30.5 Å². The second kappa shape index (κ2) is 6.05. The summed E-state index contributed by atoms with van der Waals surface area (Å²) in [5.41, 5.74) is 3.42. The second-order valence-corrected chi connectivity index (χ2v) is 8.34. The lowest BCUT2D eigenvalue weighted by Gasteiger charge is -2.18. The minimum Gasteiger partial charge on any atom is -0.268 e. The number of thioether (sulfide) groups is 1. The minimum absolute atomic E-state index is 0.0828. The van der Waals surface area contributed by atoms with Crippen molar-refractivity contribution in [2.75, 3.05) is 6.26 Å². The van der Waals surface area contributed by atoms with E-state index in [0.29, 0.717) is 5.92 Å². The van der Waals surface area contributed by atoms with Crippen LogP contribution in [0.3, 0.4) is 0 Å². The number of rotatable bonds is 2. The van der Waals surface area contributed by atoms with Crippen LogP contribution >= 0.6 is 23.1 Å². The Morgan fingerprint density at radius 3 is 2.75 bits per heavy atom. The Morgan fingerprint density at radius 1 is 1.29 bits per heavy atom. The molecule has 0 unspecified atom stereocenters. The standard InChI is InChI=1S/C19H20N2OS2/c1-11-7-9-13(10-8-11)21-18(22)16-15-12(2)5-4-6-14(15)24-17(16)20-19(21)23-3/h7-10,12H,4-6H2,1-3H3/t12-/m0/s1. The Labute approximate surface area is 149 Å². The van der Waals surface area contributed by atoms with Crippen LogP contribution in [0.1, 0.15) is 41.7 Å². The summed E-state index contributed by atoms with van der Waals surface area (Å²) in [6, 6.07) is 8.10. The molecular weight excluding hydrogens is 336 g/mol. The topological polar surface area (TPSA) is 34.9 Å². The second-order valence-electron chi connectivity index (χ2n) is 6.49. The third-order valence-electron chi connectivity index (χ3n) is 4.82. The molecule has 3 aromatic rings. The molecule has 0 spiro atoms. The van der Waals surface area contributed by atoms with Gasteiger partial charge in [0.15, 0.2) is 5.16 Å². The van der Waals surface area contributed by atoms with Crippen LogP contribution in [0.15, 0.2) is 34.2 Å². The van der Waals surface area contributed by atoms with Crippen molar-refractivity contribution in [2.24, 2.45) is 0 Å². The van der Waals surface area contributed by atoms with Crippen LogP contribution in [-0.2, 0) is 6.42 Å². The highest BCUT2D eigenvalue weighted by atomic mass is 32.2. The molecule has 0 radical (unpaired) electrons. The summed E-state index contributed by atoms with van der Waals surface area (Å²) in [6.07, 6.45) is 5.43. The predicted molar refractivity (Wildman–Crippen MR) is 103 cm³/mol. The molecule has 3 nitrogen and oxygen atoms in total. The van der Waals surface area contributed by atoms with Crippen molar-refractivity contribution in [1.82, 2.24) is 9.55 Å². The van der Waals surface area contributed by atoms with E-state index in [-0.39, 0.29) is 5.56 Å². The van der Waals surface area contributed by atoms with Crippen molar-refractivity contribution < 1.29 is 0 Å². The van der Waals surface area contributed by atoms with E-state index in [0.717, 1.165) is 33.9 Å². The van der Waals surface area contributed by atoms with E-state index < -0.39 is 0 Å². The average molecular weight is 357 g/mol. The van der Waals surface area contributed by atoms with Crippen LogP contribution in [0, 0.1) is 6.92 Å². The van der Waals surface area contributed by atoms with Crippen LogP contribution in [0.4, 0.5) is 0 Å². The normalized spacial score (nSPS) is 17.2. The number of hydrogen-bond acceptors (Lipinski definition) is 4. The molecule has 5 heteroatoms. The molecule has 124 valence electrons. The Balaban J connectivity index is 2.06. The summed E-state index contributed by atoms with van der Waals surface area (Å²) in [5.74, 6) is 0.448. The van der Waals surface area contributed by atoms with Gasteiger partial charge in [-0.25, -0.2) is 4.98 Å². The first kappa shape index (κ1) is 15.9. The molecule has 1 aliphatic carbocycles. The van der Waals surface area contributed by atoms with Crippen LogP contribution in [0.25, 0.3) is 15.9 Å². The number of thiophene rings is 1. The molecule has 2 heterocycles. The molecule has 0 amide bonds. The van der Waals surface area contributed by atoms with E-state index in [1.165, 1.54) is 34.2 Å². The van der Waals surface area contributed by atoms with Crippen LogP contribution in [0.5, 0.6) is 0 Å². The summed E-state index contributed by atoms with van der Waals surface area (Å²) < 4.78 is 1.78. The smallest absolute Gasteiger partial charge is 0.267 e. The van der Waals surface area contributed by atoms with E-state index in [9.17, 15) is 4.79 Å². The maximum Gasteiger partial charge on any atom is 0.267 e. The molecule has 0 saturated heterocycles. The molecular formula is C19H20N2OS2. The van der Waals surface area contributed by atoms with E-state index in [4.69, 9.17) is 4.98 Å². The first-order valence-electron chi connectivity index (χ1n) is 8.29. The fraction of sp³-hybridized carbons (Fsp3) is 0.368. The number of nitrogens with zero attached hydrogens (tertiary/aromatic N) is 2. The number of aromatic nitrogens is 2. The molecule has 0 bridgehead atoms. The molecule has 0 aliphatic heterocycles. The number of aryl methyl sites for hydroxylation is 2. The zero-order chi connectivity index (χ0) is 16.8. The van der Waals surface area contributed by atoms with Gasteiger partial charge in [-0.3, -0.25) is 9.36 Å². The summed E-state index contributed by atoms with van der Waals surface area (Å²) >= 11 is 3.24. The lowest BCUT2D eigenvalue weighted by Crippen LogP contribution is -2.22. The molecule has 1 aromatic carbocycles. The van der Waals surface area contributed by atoms with Crippen molar-refractivity contribution in [2.45, 2.75) is 44.2 Å². The number of benzene rings is 1. The molecule has 2 aromatic heterocycles. The third-order valence-corrected chi connectivity index (χ3v) is 6.62. The summed E-state index contributed by atoms with van der Waals surface area (Å²) in [6.45, 7) is 4.29. The lowest BCUT2D eigenvalue weighted by molar-refractivity contribution is 0.601. The number of fused-ring (bicyclic) bond motifs is 3. The Morgan fingerprint density at radius 2 is 2.04 bits per heavy atom. The predicted octanol–water partition coefficient (Wildman–Crippen LogP) is 4.92. The highest BCUT2D eigenvalue weighted by molar-refractivity contribution is 7.98. The van der Waals surface area contributed by atoms with Gasteiger partial charge in [0.05, 0.1) is 11.1 Å². The first-order chi connectivity index (χ1) is 11.6. The highest BCUT2D eigenvalue weighted by Gasteiger charge is 2.26. The third kappa shape index (κ3) is 2.42. The summed E-state index contributed by atoms with van der Waals surface area (Å²) in [5, 5.41) is 1.61. The zero-order valence-corrected chi connectivity index (χ0v) is 15.8. The molecule has 1 atom stereocenters. The van der Waals surface area contributed by atoms with Crippen molar-refractivity contribution in [1.29, 1.82) is 0 Å². The maximum absolute atomic E-state index is 13.4. The van der Waals surface area contributed by atoms with Crippen LogP contribution < -0.4 is 5.56 Å². The zero-order valence-electron chi connectivity index (χ0n) is 14.1. The van der Waals surface area contributed by atoms with Crippen molar-refractivity contribution in [3.8, 4) is 5.69 Å². The molecule has 0 fully saturated rings. The Hall–Kier alpha value is -1.59. The van der Waals surface area contributed by atoms with Gasteiger partial charge in [0.2, 0.25) is 0 Å². The Bertz CT molecular complexity index is 970. The van der Waals surface area contributed by atoms with Crippen molar-refractivity contribution in [3.63, 3.8) is 0 Å². The highest BCUT2D eigenvalue weighted by Crippen LogP contribution is 2.40. The van der Waals surface area contributed by atoms with Gasteiger partial charge in [0, 0.05) is 4.88 Å². The van der Waals surface area contributed by atoms with Gasteiger partial charge in [0.1, 0.15) is 4.83 Å². The van der Waals surface area contributed by atoms with E-state index in [2.05, 4.69) is 13.8 Å². The van der Waals surface area contributed by atoms with Gasteiger partial charge in [-0.05, 0) is 56.1 Å². The average Bonchev–Trinajstić information content (AvgIpc) is 2.96. The van der Waals surface area contributed by atoms with Crippen molar-refractivity contribution in [3.05, 3.63) is 50.6 Å². The van der Waals surface area contributed by atoms with Gasteiger partial charge in [0.25, 0.3) is 5.56 Å². The van der Waals surface area contributed by atoms with Gasteiger partial charge >= 0.3 is 0 Å². The molecule has 1 aliphatic rings. The van der Waals surface area contributed by atoms with Crippen LogP contribution in [0.2, 0.25) is 0 Å². The fourth-order valence-electron chi connectivity index (χ4n) is 3.58. The summed E-state index contributed by atoms with van der Waals surface area (Å²) in [7, 11) is 0. The molecule has 4 rings (SSSR count). The first-order valence-corrected chi connectivity index (χ1v) is 10.3. The molecule has 0 N–H and O–H groups in total. The SMILES string of the molecule is CSc1nc2sc3c(c2c(=O)n1-c1ccc(C)cc1)[C@@H](C)CCC3. The summed E-state index contributed by atoms with van der Waals surface area (Å²) in [4.78, 5) is 20.5. The quantitative estimate of drug-likeness (QED) is 0.483. The molecule has 24 heavy (non-hydrogen) atoms. The maximum atomic E-state index is 13.4.